The first kappa shape index (κ1) is 25.7. The summed E-state index contributed by atoms with van der Waals surface area (Å²) in [6.45, 7) is 0.0764. The first-order chi connectivity index (χ1) is 16.5. The number of hydrogen-bond donors (Lipinski definition) is 1. The van der Waals surface area contributed by atoms with E-state index in [1.54, 1.807) is 0 Å². The highest BCUT2D eigenvalue weighted by Crippen LogP contribution is 2.43. The Morgan fingerprint density at radius 1 is 0.886 bits per heavy atom. The van der Waals surface area contributed by atoms with Crippen LogP contribution in [0.15, 0.2) is 88.2 Å². The summed E-state index contributed by atoms with van der Waals surface area (Å²) in [6.07, 6.45) is -4.42. The molecule has 0 saturated carbocycles. The van der Waals surface area contributed by atoms with E-state index >= 15 is 0 Å². The number of alkyl halides is 3. The summed E-state index contributed by atoms with van der Waals surface area (Å²) in [5.41, 5.74) is 0.0446. The molecule has 186 valence electrons. The minimum Gasteiger partial charge on any atom is -0.404 e. The second-order valence-electron chi connectivity index (χ2n) is 8.32. The number of halogens is 4. The van der Waals surface area contributed by atoms with Gasteiger partial charge in [-0.15, -0.1) is 13.2 Å². The van der Waals surface area contributed by atoms with Crippen molar-refractivity contribution in [1.29, 1.82) is 0 Å². The third-order valence-electron chi connectivity index (χ3n) is 6.22. The monoisotopic (exact) mass is 569 g/mol. The number of aliphatic hydroxyl groups is 1. The zero-order valence-corrected chi connectivity index (χ0v) is 20.9. The van der Waals surface area contributed by atoms with Crippen LogP contribution in [0.3, 0.4) is 0 Å². The fourth-order valence-corrected chi connectivity index (χ4v) is 6.48. The Kier molecular flexibility index (Phi) is 7.28. The quantitative estimate of drug-likeness (QED) is 0.414. The van der Waals surface area contributed by atoms with Crippen molar-refractivity contribution in [2.24, 2.45) is 5.92 Å². The van der Waals surface area contributed by atoms with Gasteiger partial charge in [-0.25, -0.2) is 8.42 Å². The van der Waals surface area contributed by atoms with Crippen molar-refractivity contribution in [2.75, 3.05) is 13.1 Å². The minimum atomic E-state index is -5.04. The summed E-state index contributed by atoms with van der Waals surface area (Å²) in [6, 6.07) is 21.8. The largest absolute Gasteiger partial charge is 0.573 e. The number of sulfonamides is 1. The second-order valence-corrected chi connectivity index (χ2v) is 11.1. The van der Waals surface area contributed by atoms with Crippen LogP contribution in [0.2, 0.25) is 0 Å². The van der Waals surface area contributed by atoms with E-state index in [9.17, 15) is 26.7 Å². The summed E-state index contributed by atoms with van der Waals surface area (Å²) in [7, 11) is -4.27. The van der Waals surface area contributed by atoms with E-state index in [0.29, 0.717) is 24.0 Å². The molecular weight excluding hydrogens is 547 g/mol. The molecule has 0 spiro atoms. The van der Waals surface area contributed by atoms with Gasteiger partial charge in [-0.1, -0.05) is 76.6 Å². The van der Waals surface area contributed by atoms with E-state index in [0.717, 1.165) is 16.4 Å². The van der Waals surface area contributed by atoms with Crippen molar-refractivity contribution in [1.82, 2.24) is 4.31 Å². The molecule has 10 heteroatoms. The number of nitrogens with zero attached hydrogens (tertiary/aromatic N) is 1. The first-order valence-electron chi connectivity index (χ1n) is 10.9. The third kappa shape index (κ3) is 5.40. The molecule has 3 aromatic rings. The number of piperidine rings is 1. The van der Waals surface area contributed by atoms with Crippen LogP contribution < -0.4 is 4.74 Å². The molecule has 0 amide bonds. The zero-order valence-electron chi connectivity index (χ0n) is 18.5. The lowest BCUT2D eigenvalue weighted by Gasteiger charge is -2.42. The van der Waals surface area contributed by atoms with Crippen LogP contribution >= 0.6 is 15.9 Å². The van der Waals surface area contributed by atoms with E-state index in [1.807, 2.05) is 60.7 Å². The van der Waals surface area contributed by atoms with E-state index < -0.39 is 32.6 Å². The van der Waals surface area contributed by atoms with Crippen LogP contribution in [-0.4, -0.2) is 37.3 Å². The van der Waals surface area contributed by atoms with Gasteiger partial charge in [-0.05, 0) is 48.1 Å². The van der Waals surface area contributed by atoms with Crippen LogP contribution in [0.25, 0.3) is 0 Å². The lowest BCUT2D eigenvalue weighted by molar-refractivity contribution is -0.275. The van der Waals surface area contributed by atoms with Gasteiger partial charge in [-0.3, -0.25) is 0 Å². The summed E-state index contributed by atoms with van der Waals surface area (Å²) in [5.74, 6) is -1.10. The smallest absolute Gasteiger partial charge is 0.404 e. The highest BCUT2D eigenvalue weighted by atomic mass is 79.9. The Bertz CT molecular complexity index is 1220. The molecule has 1 saturated heterocycles. The molecule has 1 aliphatic rings. The Labute approximate surface area is 210 Å². The molecule has 0 bridgehead atoms. The SMILES string of the molecule is O=S(=O)(c1ccc(Br)cc1OC(F)(F)F)N1CCC(C(O)(c2ccccc2)c2ccccc2)CC1. The van der Waals surface area contributed by atoms with E-state index in [4.69, 9.17) is 0 Å². The summed E-state index contributed by atoms with van der Waals surface area (Å²) < 4.78 is 70.8. The molecule has 0 aliphatic carbocycles. The molecule has 1 heterocycles. The van der Waals surface area contributed by atoms with Gasteiger partial charge in [0.05, 0.1) is 0 Å². The Hall–Kier alpha value is -2.40. The number of rotatable bonds is 6. The highest BCUT2D eigenvalue weighted by Gasteiger charge is 2.44. The maximum Gasteiger partial charge on any atom is 0.573 e. The number of benzene rings is 3. The number of hydrogen-bond acceptors (Lipinski definition) is 4. The maximum absolute atomic E-state index is 13.3. The molecule has 5 nitrogen and oxygen atoms in total. The molecular formula is C25H23BrF3NO4S. The fraction of sp³-hybridized carbons (Fsp3) is 0.280. The van der Waals surface area contributed by atoms with Crippen molar-refractivity contribution < 1.29 is 31.4 Å². The standard InChI is InChI=1S/C25H23BrF3NO4S/c26-21-11-12-23(22(17-21)34-25(27,28)29)35(32,33)30-15-13-20(14-16-30)24(31,18-7-3-1-4-8-18)19-9-5-2-6-10-19/h1-12,17,20,31H,13-16H2. The molecule has 0 radical (unpaired) electrons. The van der Waals surface area contributed by atoms with E-state index in [-0.39, 0.29) is 23.5 Å². The van der Waals surface area contributed by atoms with Crippen LogP contribution in [0, 0.1) is 5.92 Å². The topological polar surface area (TPSA) is 66.8 Å². The molecule has 1 fully saturated rings. The van der Waals surface area contributed by atoms with Crippen LogP contribution in [0.5, 0.6) is 5.75 Å². The van der Waals surface area contributed by atoms with Crippen LogP contribution in [-0.2, 0) is 15.6 Å². The molecule has 4 rings (SSSR count). The minimum absolute atomic E-state index is 0.0382. The maximum atomic E-state index is 13.3. The van der Waals surface area contributed by atoms with Gasteiger partial charge in [0.15, 0.2) is 5.75 Å². The van der Waals surface area contributed by atoms with E-state index in [1.165, 1.54) is 6.07 Å². The second kappa shape index (κ2) is 9.93. The van der Waals surface area contributed by atoms with Crippen molar-refractivity contribution >= 4 is 26.0 Å². The van der Waals surface area contributed by atoms with Gasteiger partial charge in [0.2, 0.25) is 10.0 Å². The van der Waals surface area contributed by atoms with Crippen molar-refractivity contribution in [3.05, 3.63) is 94.5 Å². The van der Waals surface area contributed by atoms with Crippen LogP contribution in [0.1, 0.15) is 24.0 Å². The van der Waals surface area contributed by atoms with Crippen LogP contribution in [0.4, 0.5) is 13.2 Å². The van der Waals surface area contributed by atoms with Gasteiger partial charge in [0.25, 0.3) is 0 Å². The zero-order chi connectivity index (χ0) is 25.3. The molecule has 0 unspecified atom stereocenters. The van der Waals surface area contributed by atoms with E-state index in [2.05, 4.69) is 20.7 Å². The van der Waals surface area contributed by atoms with Crippen molar-refractivity contribution in [3.63, 3.8) is 0 Å². The van der Waals surface area contributed by atoms with Gasteiger partial charge in [0.1, 0.15) is 10.5 Å². The number of ether oxygens (including phenoxy) is 1. The third-order valence-corrected chi connectivity index (χ3v) is 8.65. The van der Waals surface area contributed by atoms with Gasteiger partial charge < -0.3 is 9.84 Å². The van der Waals surface area contributed by atoms with Gasteiger partial charge in [0, 0.05) is 17.6 Å². The highest BCUT2D eigenvalue weighted by molar-refractivity contribution is 9.10. The summed E-state index contributed by atoms with van der Waals surface area (Å²) in [4.78, 5) is -0.558. The molecule has 1 N–H and O–H groups in total. The molecule has 35 heavy (non-hydrogen) atoms. The Morgan fingerprint density at radius 2 is 1.40 bits per heavy atom. The Morgan fingerprint density at radius 3 is 1.89 bits per heavy atom. The van der Waals surface area contributed by atoms with Crippen molar-refractivity contribution in [2.45, 2.75) is 29.7 Å². The molecule has 3 aromatic carbocycles. The normalized spacial score (nSPS) is 16.3. The van der Waals surface area contributed by atoms with Crippen molar-refractivity contribution in [3.8, 4) is 5.75 Å². The first-order valence-corrected chi connectivity index (χ1v) is 13.1. The summed E-state index contributed by atoms with van der Waals surface area (Å²) in [5, 5.41) is 12.0. The lowest BCUT2D eigenvalue weighted by Crippen LogP contribution is -2.46. The molecule has 1 aliphatic heterocycles. The lowest BCUT2D eigenvalue weighted by atomic mass is 9.72. The summed E-state index contributed by atoms with van der Waals surface area (Å²) >= 11 is 3.06. The van der Waals surface area contributed by atoms with Gasteiger partial charge >= 0.3 is 6.36 Å². The predicted octanol–water partition coefficient (Wildman–Crippen LogP) is 5.68. The molecule has 0 atom stereocenters. The average molecular weight is 570 g/mol. The average Bonchev–Trinajstić information content (AvgIpc) is 2.83. The molecule has 0 aromatic heterocycles. The predicted molar refractivity (Wildman–Crippen MR) is 128 cm³/mol. The fourth-order valence-electron chi connectivity index (χ4n) is 4.58. The van der Waals surface area contributed by atoms with Gasteiger partial charge in [-0.2, -0.15) is 4.31 Å². The Balaban J connectivity index is 1.62.